The highest BCUT2D eigenvalue weighted by molar-refractivity contribution is 7.54. The van der Waals surface area contributed by atoms with Gasteiger partial charge < -0.3 is 15.6 Å². The van der Waals surface area contributed by atoms with Gasteiger partial charge >= 0.3 is 7.67 Å². The second-order valence-electron chi connectivity index (χ2n) is 6.41. The number of nitrogens with one attached hydrogen (secondary N) is 1. The number of nitrogens with zero attached hydrogens (tertiary/aromatic N) is 5. The molecule has 28 heavy (non-hydrogen) atoms. The van der Waals surface area contributed by atoms with E-state index in [1.165, 1.54) is 12.7 Å². The van der Waals surface area contributed by atoms with Gasteiger partial charge in [-0.25, -0.2) is 24.7 Å². The van der Waals surface area contributed by atoms with Crippen molar-refractivity contribution in [2.24, 2.45) is 0 Å². The maximum absolute atomic E-state index is 13.5. The molecule has 0 radical (unpaired) electrons. The van der Waals surface area contributed by atoms with Crippen LogP contribution in [0.2, 0.25) is 0 Å². The Labute approximate surface area is 170 Å². The van der Waals surface area contributed by atoms with Crippen molar-refractivity contribution >= 4 is 47.9 Å². The molecule has 4 heterocycles. The first-order chi connectivity index (χ1) is 13.5. The van der Waals surface area contributed by atoms with Crippen LogP contribution >= 0.6 is 30.9 Å². The van der Waals surface area contributed by atoms with Gasteiger partial charge in [0.25, 0.3) is 0 Å². The summed E-state index contributed by atoms with van der Waals surface area (Å²) in [7, 11) is -3.42. The van der Waals surface area contributed by atoms with E-state index in [0.717, 1.165) is 0 Å². The minimum Gasteiger partial charge on any atom is -0.394 e. The number of hydrogen-bond donors (Lipinski definition) is 3. The first-order valence-electron chi connectivity index (χ1n) is 8.65. The highest BCUT2D eigenvalue weighted by Crippen LogP contribution is 2.58. The monoisotopic (exact) mass is 451 g/mol. The molecule has 2 fully saturated rings. The van der Waals surface area contributed by atoms with Crippen molar-refractivity contribution < 1.29 is 18.9 Å². The van der Waals surface area contributed by atoms with E-state index in [-0.39, 0.29) is 24.2 Å². The molecule has 0 aliphatic carbocycles. The van der Waals surface area contributed by atoms with Crippen LogP contribution in [0.15, 0.2) is 12.7 Å². The second kappa shape index (κ2) is 8.00. The number of aliphatic hydroxyl groups excluding tert-OH is 1. The van der Waals surface area contributed by atoms with Crippen molar-refractivity contribution in [3.05, 3.63) is 12.7 Å². The predicted molar refractivity (Wildman–Crippen MR) is 103 cm³/mol. The summed E-state index contributed by atoms with van der Waals surface area (Å²) >= 11 is 11.7. The summed E-state index contributed by atoms with van der Waals surface area (Å²) in [5.41, 5.74) is 6.73. The Morgan fingerprint density at radius 1 is 1.32 bits per heavy atom. The summed E-state index contributed by atoms with van der Waals surface area (Å²) < 4.78 is 28.7. The van der Waals surface area contributed by atoms with Gasteiger partial charge in [0, 0.05) is 24.8 Å². The Bertz CT molecular complexity index is 896. The summed E-state index contributed by atoms with van der Waals surface area (Å²) in [4.78, 5) is 12.4. The molecule has 14 heteroatoms. The highest BCUT2D eigenvalue weighted by Gasteiger charge is 2.57. The molecule has 4 rings (SSSR count). The third kappa shape index (κ3) is 3.29. The number of hydrogen-bond acceptors (Lipinski definition) is 8. The van der Waals surface area contributed by atoms with Crippen LogP contribution in [-0.2, 0) is 13.8 Å². The normalized spacial score (nSPS) is 32.4. The van der Waals surface area contributed by atoms with Crippen LogP contribution < -0.4 is 10.8 Å². The fourth-order valence-electron chi connectivity index (χ4n) is 3.54. The van der Waals surface area contributed by atoms with Gasteiger partial charge in [0.1, 0.15) is 24.1 Å². The molecule has 0 spiro atoms. The zero-order valence-corrected chi connectivity index (χ0v) is 17.1. The van der Waals surface area contributed by atoms with Gasteiger partial charge in [0.2, 0.25) is 0 Å². The summed E-state index contributed by atoms with van der Waals surface area (Å²) in [6.45, 7) is 0.402. The van der Waals surface area contributed by atoms with E-state index < -0.39 is 32.1 Å². The summed E-state index contributed by atoms with van der Waals surface area (Å²) in [6.07, 6.45) is 0.853. The van der Waals surface area contributed by atoms with Gasteiger partial charge in [0.05, 0.1) is 19.0 Å². The Balaban J connectivity index is 1.68. The summed E-state index contributed by atoms with van der Waals surface area (Å²) in [5.74, 6) is 0.781. The molecule has 2 aliphatic rings. The van der Waals surface area contributed by atoms with E-state index in [1.54, 1.807) is 9.24 Å². The van der Waals surface area contributed by atoms with Gasteiger partial charge in [-0.05, 0) is 0 Å². The molecule has 2 saturated heterocycles. The van der Waals surface area contributed by atoms with E-state index >= 15 is 0 Å². The number of nitrogen functional groups attached to an aromatic ring is 1. The van der Waals surface area contributed by atoms with Gasteiger partial charge in [-0.2, -0.15) is 0 Å². The minimum absolute atomic E-state index is 0.239. The topological polar surface area (TPSA) is 141 Å². The molecule has 0 aromatic carbocycles. The lowest BCUT2D eigenvalue weighted by Crippen LogP contribution is -2.39. The number of ether oxygens (including phenoxy) is 1. The molecule has 4 N–H and O–H groups in total. The molecule has 11 nitrogen and oxygen atoms in total. The van der Waals surface area contributed by atoms with Crippen molar-refractivity contribution in [3.63, 3.8) is 0 Å². The van der Waals surface area contributed by atoms with Crippen molar-refractivity contribution in [3.8, 4) is 0 Å². The number of fused-ring (bicyclic) bond motifs is 2. The smallest absolute Gasteiger partial charge is 0.344 e. The highest BCUT2D eigenvalue weighted by atomic mass is 35.5. The van der Waals surface area contributed by atoms with Crippen molar-refractivity contribution in [1.82, 2.24) is 29.3 Å². The summed E-state index contributed by atoms with van der Waals surface area (Å²) in [5, 5.41) is 12.8. The first kappa shape index (κ1) is 20.2. The van der Waals surface area contributed by atoms with Crippen LogP contribution in [0.5, 0.6) is 0 Å². The lowest BCUT2D eigenvalue weighted by Gasteiger charge is -2.28. The van der Waals surface area contributed by atoms with E-state index in [1.807, 2.05) is 0 Å². The van der Waals surface area contributed by atoms with Crippen LogP contribution in [0.1, 0.15) is 6.23 Å². The van der Waals surface area contributed by atoms with Crippen LogP contribution in [-0.4, -0.2) is 79.0 Å². The number of rotatable bonds is 7. The average Bonchev–Trinajstić information content (AvgIpc) is 3.34. The molecule has 2 aromatic rings. The Hall–Kier alpha value is -1.04. The molecular formula is C14H20Cl2N7O4P. The number of alkyl halides is 2. The van der Waals surface area contributed by atoms with E-state index in [0.29, 0.717) is 24.3 Å². The second-order valence-corrected chi connectivity index (χ2v) is 9.24. The molecule has 0 bridgehead atoms. The Kier molecular flexibility index (Phi) is 5.78. The van der Waals surface area contributed by atoms with Crippen LogP contribution in [0, 0.1) is 0 Å². The molecule has 154 valence electrons. The predicted octanol–water partition coefficient (Wildman–Crippen LogP) is 0.543. The third-order valence-corrected chi connectivity index (χ3v) is 7.46. The van der Waals surface area contributed by atoms with E-state index in [4.69, 9.17) is 38.2 Å². The number of imidazole rings is 1. The molecular weight excluding hydrogens is 432 g/mol. The number of halogens is 2. The zero-order chi connectivity index (χ0) is 19.9. The molecule has 0 saturated carbocycles. The van der Waals surface area contributed by atoms with Crippen molar-refractivity contribution in [2.75, 3.05) is 37.2 Å². The lowest BCUT2D eigenvalue weighted by atomic mass is 10.1. The van der Waals surface area contributed by atoms with E-state index in [9.17, 15) is 9.67 Å². The number of anilines is 1. The first-order valence-corrected chi connectivity index (χ1v) is 11.3. The van der Waals surface area contributed by atoms with Crippen molar-refractivity contribution in [2.45, 2.75) is 24.5 Å². The maximum Gasteiger partial charge on any atom is 0.344 e. The largest absolute Gasteiger partial charge is 0.394 e. The van der Waals surface area contributed by atoms with Gasteiger partial charge in [-0.15, -0.1) is 23.2 Å². The van der Waals surface area contributed by atoms with Crippen LogP contribution in [0.4, 0.5) is 5.82 Å². The quantitative estimate of drug-likeness (QED) is 0.403. The maximum atomic E-state index is 13.5. The minimum atomic E-state index is -3.42. The SMILES string of the molecule is Nc1ncnc2c1ncn2[C@@H]1O[C@H](CO)[C@@H]2N[P@](=O)(N(CCCl)CCCl)O[C@H]21. The molecule has 5 atom stereocenters. The lowest BCUT2D eigenvalue weighted by molar-refractivity contribution is -0.0474. The van der Waals surface area contributed by atoms with Crippen LogP contribution in [0.3, 0.4) is 0 Å². The Morgan fingerprint density at radius 3 is 2.75 bits per heavy atom. The van der Waals surface area contributed by atoms with Gasteiger partial charge in [-0.3, -0.25) is 13.7 Å². The molecule has 2 aromatic heterocycles. The number of nitrogens with two attached hydrogens (primary N) is 1. The van der Waals surface area contributed by atoms with E-state index in [2.05, 4.69) is 20.0 Å². The standard InChI is InChI=1S/C14H20Cl2N7O4P/c15-1-3-22(4-2-16)28(25)21-9-8(5-24)26-14(11(9)27-28)23-7-20-10-12(17)18-6-19-13(10)23/h6-9,11,14,24H,1-5H2,(H,21,25)(H2,17,18,19)/t8-,9+,11-,14-,28-/m1/s1. The van der Waals surface area contributed by atoms with Crippen LogP contribution in [0.25, 0.3) is 11.2 Å². The van der Waals surface area contributed by atoms with Crippen molar-refractivity contribution in [1.29, 1.82) is 0 Å². The molecule has 2 aliphatic heterocycles. The summed E-state index contributed by atoms with van der Waals surface area (Å²) in [6, 6.07) is -0.495. The number of aliphatic hydroxyl groups is 1. The van der Waals surface area contributed by atoms with Gasteiger partial charge in [0.15, 0.2) is 17.7 Å². The zero-order valence-electron chi connectivity index (χ0n) is 14.7. The third-order valence-electron chi connectivity index (χ3n) is 4.83. The van der Waals surface area contributed by atoms with Gasteiger partial charge in [-0.1, -0.05) is 0 Å². The number of aromatic nitrogens is 4. The fourth-order valence-corrected chi connectivity index (χ4v) is 6.53. The fraction of sp³-hybridized carbons (Fsp3) is 0.643. The Morgan fingerprint density at radius 2 is 2.07 bits per heavy atom. The molecule has 0 unspecified atom stereocenters. The average molecular weight is 452 g/mol. The molecule has 0 amide bonds.